The van der Waals surface area contributed by atoms with Gasteiger partial charge in [-0.3, -0.25) is 9.59 Å². The van der Waals surface area contributed by atoms with E-state index in [1.165, 1.54) is 17.0 Å². The molecule has 0 atom stereocenters. The summed E-state index contributed by atoms with van der Waals surface area (Å²) in [5.74, 6) is -1.38. The first-order chi connectivity index (χ1) is 23.1. The van der Waals surface area contributed by atoms with E-state index in [1.54, 1.807) is 30.3 Å². The molecule has 246 valence electrons. The van der Waals surface area contributed by atoms with Crippen LogP contribution in [0.1, 0.15) is 38.4 Å². The molecule has 0 spiro atoms. The van der Waals surface area contributed by atoms with Crippen molar-refractivity contribution in [2.75, 3.05) is 43.5 Å². The Bertz CT molecular complexity index is 2110. The number of hydrogen-bond donors (Lipinski definition) is 2. The Kier molecular flexibility index (Phi) is 7.99. The van der Waals surface area contributed by atoms with E-state index in [9.17, 15) is 22.8 Å². The van der Waals surface area contributed by atoms with E-state index in [1.807, 2.05) is 4.90 Å². The quantitative estimate of drug-likeness (QED) is 0.266. The van der Waals surface area contributed by atoms with E-state index in [0.29, 0.717) is 71.8 Å². The second kappa shape index (κ2) is 12.3. The number of nitrogens with one attached hydrogen (secondary N) is 1. The van der Waals surface area contributed by atoms with Gasteiger partial charge in [-0.25, -0.2) is 24.4 Å². The van der Waals surface area contributed by atoms with Crippen molar-refractivity contribution in [3.63, 3.8) is 0 Å². The van der Waals surface area contributed by atoms with E-state index in [4.69, 9.17) is 10.5 Å². The number of carbonyl (C=O) groups excluding carboxylic acids is 1. The first-order valence-corrected chi connectivity index (χ1v) is 15.2. The fourth-order valence-corrected chi connectivity index (χ4v) is 6.14. The number of pyridine rings is 1. The molecule has 11 nitrogen and oxygen atoms in total. The molecular weight excluding hydrogens is 632 g/mol. The maximum atomic E-state index is 15.2. The number of carbonyl (C=O) groups is 1. The standard InChI is InChI=1S/C33H28F4N8O3/c34-25-6-5-18(14-26-19-3-1-2-4-20(19)31(46)43-42-26)13-22(25)32(47)45-8-7-21-27(17-45)40-29(41-30(21)44-9-11-48-12-10-44)23-16-39-28(38)15-24(23)33(35,36)37/h1-6,13,15-16H,7-12,14,17H2,(H2,38,39)(H,43,46). The Labute approximate surface area is 270 Å². The molecule has 5 heterocycles. The molecule has 2 aliphatic rings. The maximum absolute atomic E-state index is 15.2. The van der Waals surface area contributed by atoms with Crippen molar-refractivity contribution in [1.82, 2.24) is 30.0 Å². The van der Waals surface area contributed by atoms with Crippen LogP contribution in [0.15, 0.2) is 59.5 Å². The molecular formula is C33H28F4N8O3. The summed E-state index contributed by atoms with van der Waals surface area (Å²) >= 11 is 0. The van der Waals surface area contributed by atoms with Gasteiger partial charge in [-0.05, 0) is 36.2 Å². The summed E-state index contributed by atoms with van der Waals surface area (Å²) < 4.78 is 63.0. The molecule has 0 bridgehead atoms. The summed E-state index contributed by atoms with van der Waals surface area (Å²) in [4.78, 5) is 42.4. The van der Waals surface area contributed by atoms with Gasteiger partial charge in [0.15, 0.2) is 5.82 Å². The number of nitrogens with zero attached hydrogens (tertiary/aromatic N) is 6. The molecule has 0 radical (unpaired) electrons. The molecule has 3 N–H and O–H groups in total. The van der Waals surface area contributed by atoms with Crippen molar-refractivity contribution in [2.24, 2.45) is 0 Å². The van der Waals surface area contributed by atoms with Crippen molar-refractivity contribution >= 4 is 28.3 Å². The average molecular weight is 661 g/mol. The number of nitrogen functional groups attached to an aromatic ring is 1. The van der Waals surface area contributed by atoms with Gasteiger partial charge < -0.3 is 20.3 Å². The fourth-order valence-electron chi connectivity index (χ4n) is 6.14. The van der Waals surface area contributed by atoms with E-state index in [-0.39, 0.29) is 47.8 Å². The maximum Gasteiger partial charge on any atom is 0.417 e. The molecule has 0 unspecified atom stereocenters. The fraction of sp³-hybridized carbons (Fsp3) is 0.273. The van der Waals surface area contributed by atoms with Crippen molar-refractivity contribution < 1.29 is 27.1 Å². The number of alkyl halides is 3. The lowest BCUT2D eigenvalue weighted by Crippen LogP contribution is -2.41. The highest BCUT2D eigenvalue weighted by Gasteiger charge is 2.36. The van der Waals surface area contributed by atoms with Crippen LogP contribution in [-0.2, 0) is 30.3 Å². The summed E-state index contributed by atoms with van der Waals surface area (Å²) in [6.07, 6.45) is -3.24. The second-order valence-corrected chi connectivity index (χ2v) is 11.6. The lowest BCUT2D eigenvalue weighted by atomic mass is 10.00. The normalized spacial score (nSPS) is 15.1. The predicted octanol–water partition coefficient (Wildman–Crippen LogP) is 4.14. The molecule has 15 heteroatoms. The Hall–Kier alpha value is -5.44. The molecule has 7 rings (SSSR count). The minimum absolute atomic E-state index is 0.0828. The number of morpholine rings is 1. The van der Waals surface area contributed by atoms with Gasteiger partial charge in [0, 0.05) is 48.8 Å². The smallest absolute Gasteiger partial charge is 0.384 e. The molecule has 0 aliphatic carbocycles. The van der Waals surface area contributed by atoms with Gasteiger partial charge in [0.1, 0.15) is 17.5 Å². The third-order valence-corrected chi connectivity index (χ3v) is 8.52. The Morgan fingerprint density at radius 2 is 1.79 bits per heavy atom. The van der Waals surface area contributed by atoms with Gasteiger partial charge in [0.2, 0.25) is 0 Å². The minimum Gasteiger partial charge on any atom is -0.384 e. The summed E-state index contributed by atoms with van der Waals surface area (Å²) in [6.45, 7) is 1.88. The lowest BCUT2D eigenvalue weighted by Gasteiger charge is -2.34. The SMILES string of the molecule is Nc1cc(C(F)(F)F)c(-c2nc3c(c(N4CCOCC4)n2)CCN(C(=O)c2cc(Cc4n[nH]c(=O)c5ccccc45)ccc2F)C3)cn1. The lowest BCUT2D eigenvalue weighted by molar-refractivity contribution is -0.137. The first-order valence-electron chi connectivity index (χ1n) is 15.2. The molecule has 5 aromatic rings. The van der Waals surface area contributed by atoms with Crippen LogP contribution >= 0.6 is 0 Å². The summed E-state index contributed by atoms with van der Waals surface area (Å²) in [5.41, 5.74) is 5.91. The average Bonchev–Trinajstić information content (AvgIpc) is 3.09. The van der Waals surface area contributed by atoms with E-state index in [0.717, 1.165) is 12.3 Å². The van der Waals surface area contributed by atoms with Crippen LogP contribution in [0.2, 0.25) is 0 Å². The van der Waals surface area contributed by atoms with E-state index >= 15 is 4.39 Å². The highest BCUT2D eigenvalue weighted by Crippen LogP contribution is 2.38. The molecule has 1 fully saturated rings. The number of nitrogens with two attached hydrogens (primary N) is 1. The third kappa shape index (κ3) is 5.92. The van der Waals surface area contributed by atoms with Crippen LogP contribution in [-0.4, -0.2) is 68.8 Å². The van der Waals surface area contributed by atoms with Crippen molar-refractivity contribution in [3.05, 3.63) is 105 Å². The van der Waals surface area contributed by atoms with Crippen LogP contribution < -0.4 is 16.2 Å². The van der Waals surface area contributed by atoms with Crippen molar-refractivity contribution in [1.29, 1.82) is 0 Å². The molecule has 3 aromatic heterocycles. The highest BCUT2D eigenvalue weighted by molar-refractivity contribution is 5.95. The topological polar surface area (TPSA) is 143 Å². The van der Waals surface area contributed by atoms with Crippen molar-refractivity contribution in [3.8, 4) is 11.4 Å². The Morgan fingerprint density at radius 1 is 1.02 bits per heavy atom. The molecule has 2 aromatic carbocycles. The number of hydrogen-bond acceptors (Lipinski definition) is 9. The third-order valence-electron chi connectivity index (χ3n) is 8.52. The Morgan fingerprint density at radius 3 is 2.56 bits per heavy atom. The number of aromatic nitrogens is 5. The van der Waals surface area contributed by atoms with Crippen molar-refractivity contribution in [2.45, 2.75) is 25.6 Å². The summed E-state index contributed by atoms with van der Waals surface area (Å²) in [6, 6.07) is 11.9. The number of anilines is 2. The number of benzene rings is 2. The number of aromatic amines is 1. The van der Waals surface area contributed by atoms with Gasteiger partial charge in [-0.15, -0.1) is 0 Å². The number of halogens is 4. The Balaban J connectivity index is 1.23. The molecule has 1 amide bonds. The zero-order chi connectivity index (χ0) is 33.6. The van der Waals surface area contributed by atoms with Gasteiger partial charge in [-0.2, -0.15) is 18.3 Å². The largest absolute Gasteiger partial charge is 0.417 e. The van der Waals surface area contributed by atoms with Gasteiger partial charge >= 0.3 is 6.18 Å². The van der Waals surface area contributed by atoms with Crippen LogP contribution in [0.25, 0.3) is 22.2 Å². The minimum atomic E-state index is -4.76. The molecule has 2 aliphatic heterocycles. The van der Waals surface area contributed by atoms with Crippen LogP contribution in [0.4, 0.5) is 29.2 Å². The molecule has 1 saturated heterocycles. The van der Waals surface area contributed by atoms with Gasteiger partial charge in [0.25, 0.3) is 11.5 Å². The number of ether oxygens (including phenoxy) is 1. The van der Waals surface area contributed by atoms with Crippen LogP contribution in [0.3, 0.4) is 0 Å². The van der Waals surface area contributed by atoms with Gasteiger partial charge in [-0.1, -0.05) is 24.3 Å². The number of fused-ring (bicyclic) bond motifs is 2. The van der Waals surface area contributed by atoms with Crippen LogP contribution in [0.5, 0.6) is 0 Å². The predicted molar refractivity (Wildman–Crippen MR) is 168 cm³/mol. The highest BCUT2D eigenvalue weighted by atomic mass is 19.4. The van der Waals surface area contributed by atoms with Gasteiger partial charge in [0.05, 0.1) is 47.7 Å². The second-order valence-electron chi connectivity index (χ2n) is 11.6. The number of amides is 1. The zero-order valence-electron chi connectivity index (χ0n) is 25.4. The monoisotopic (exact) mass is 660 g/mol. The van der Waals surface area contributed by atoms with E-state index < -0.39 is 23.5 Å². The summed E-state index contributed by atoms with van der Waals surface area (Å²) in [7, 11) is 0. The zero-order valence-corrected chi connectivity index (χ0v) is 25.4. The number of H-pyrrole nitrogens is 1. The summed E-state index contributed by atoms with van der Waals surface area (Å²) in [5, 5.41) is 7.77. The van der Waals surface area contributed by atoms with E-state index in [2.05, 4.69) is 25.1 Å². The molecule has 0 saturated carbocycles. The molecule has 48 heavy (non-hydrogen) atoms. The first kappa shape index (κ1) is 31.2. The van der Waals surface area contributed by atoms with Crippen LogP contribution in [0, 0.1) is 5.82 Å². The number of rotatable bonds is 5.